The monoisotopic (exact) mass is 271 g/mol. The molecule has 2 aromatic rings. The van der Waals surface area contributed by atoms with Gasteiger partial charge >= 0.3 is 18.9 Å². The molecule has 18 heavy (non-hydrogen) atoms. The van der Waals surface area contributed by atoms with Crippen LogP contribution in [0, 0.1) is 0 Å². The van der Waals surface area contributed by atoms with E-state index in [9.17, 15) is 0 Å². The van der Waals surface area contributed by atoms with Crippen molar-refractivity contribution in [3.8, 4) is 0 Å². The molecule has 0 spiro atoms. The van der Waals surface area contributed by atoms with E-state index in [2.05, 4.69) is 5.32 Å². The van der Waals surface area contributed by atoms with Crippen LogP contribution in [0.1, 0.15) is 11.1 Å². The van der Waals surface area contributed by atoms with Crippen LogP contribution in [0.4, 0.5) is 0 Å². The number of benzene rings is 2. The van der Waals surface area contributed by atoms with E-state index in [1.807, 2.05) is 48.5 Å². The van der Waals surface area contributed by atoms with Crippen molar-refractivity contribution < 1.29 is 18.9 Å². The maximum absolute atomic E-state index is 5.90. The van der Waals surface area contributed by atoms with Crippen LogP contribution in [0.15, 0.2) is 48.5 Å². The van der Waals surface area contributed by atoms with Gasteiger partial charge < -0.3 is 5.32 Å². The first-order valence-electron chi connectivity index (χ1n) is 5.36. The van der Waals surface area contributed by atoms with Crippen LogP contribution in [-0.4, -0.2) is 0 Å². The van der Waals surface area contributed by atoms with Crippen molar-refractivity contribution in [3.05, 3.63) is 75.0 Å². The summed E-state index contributed by atoms with van der Waals surface area (Å²) in [5, 5.41) is 5.98. The van der Waals surface area contributed by atoms with Crippen LogP contribution in [0.3, 0.4) is 0 Å². The van der Waals surface area contributed by atoms with E-state index in [1.54, 1.807) is 0 Å². The van der Waals surface area contributed by atoms with Crippen LogP contribution in [0.5, 0.6) is 0 Å². The third-order valence-corrected chi connectivity index (χ3v) is 2.84. The van der Waals surface area contributed by atoms with Crippen molar-refractivity contribution in [1.29, 1.82) is 0 Å². The molecule has 0 saturated heterocycles. The number of hydrogen-bond donors (Lipinski definition) is 0. The quantitative estimate of drug-likeness (QED) is 0.756. The summed E-state index contributed by atoms with van der Waals surface area (Å²) in [5.41, 5.74) is 2.25. The topological polar surface area (TPSA) is 14.1 Å². The van der Waals surface area contributed by atoms with Gasteiger partial charge in [0.1, 0.15) is 0 Å². The van der Waals surface area contributed by atoms with E-state index in [0.717, 1.165) is 21.2 Å². The number of rotatable bonds is 4. The minimum atomic E-state index is 0. The minimum absolute atomic E-state index is 0. The molecular formula is C14H12Cl2LiN. The Morgan fingerprint density at radius 1 is 0.778 bits per heavy atom. The Hall–Kier alpha value is -0.423. The van der Waals surface area contributed by atoms with Gasteiger partial charge in [-0.2, -0.15) is 0 Å². The average molecular weight is 272 g/mol. The summed E-state index contributed by atoms with van der Waals surface area (Å²) in [5.74, 6) is 0. The largest absolute Gasteiger partial charge is 1.00 e. The van der Waals surface area contributed by atoms with Gasteiger partial charge in [-0.1, -0.05) is 58.6 Å². The molecule has 0 unspecified atom stereocenters. The maximum Gasteiger partial charge on any atom is 1.00 e. The van der Waals surface area contributed by atoms with E-state index in [4.69, 9.17) is 23.2 Å². The fraction of sp³-hybridized carbons (Fsp3) is 0.143. The van der Waals surface area contributed by atoms with Gasteiger partial charge in [0, 0.05) is 10.0 Å². The molecule has 0 aliphatic heterocycles. The smallest absolute Gasteiger partial charge is 0.655 e. The molecule has 0 atom stereocenters. The van der Waals surface area contributed by atoms with Gasteiger partial charge in [-0.15, -0.1) is 13.1 Å². The van der Waals surface area contributed by atoms with E-state index < -0.39 is 0 Å². The van der Waals surface area contributed by atoms with Crippen molar-refractivity contribution in [2.45, 2.75) is 13.1 Å². The molecule has 0 radical (unpaired) electrons. The number of nitrogens with zero attached hydrogens (tertiary/aromatic N) is 1. The number of halogens is 2. The molecule has 2 aromatic carbocycles. The fourth-order valence-corrected chi connectivity index (χ4v) is 2.01. The summed E-state index contributed by atoms with van der Waals surface area (Å²) in [6.07, 6.45) is 0. The molecule has 88 valence electrons. The molecule has 0 heterocycles. The Balaban J connectivity index is 0.00000162. The van der Waals surface area contributed by atoms with E-state index in [0.29, 0.717) is 13.1 Å². The second-order valence-electron chi connectivity index (χ2n) is 3.80. The molecule has 1 nitrogen and oxygen atoms in total. The fourth-order valence-electron chi connectivity index (χ4n) is 1.58. The van der Waals surface area contributed by atoms with E-state index in [1.165, 1.54) is 0 Å². The van der Waals surface area contributed by atoms with Crippen LogP contribution in [-0.2, 0) is 13.1 Å². The summed E-state index contributed by atoms with van der Waals surface area (Å²) in [6, 6.07) is 15.5. The summed E-state index contributed by atoms with van der Waals surface area (Å²) in [6.45, 7) is 1.35. The van der Waals surface area contributed by atoms with Crippen molar-refractivity contribution in [2.24, 2.45) is 0 Å². The van der Waals surface area contributed by atoms with Crippen LogP contribution < -0.4 is 18.9 Å². The first-order valence-corrected chi connectivity index (χ1v) is 6.12. The van der Waals surface area contributed by atoms with Gasteiger partial charge in [0.2, 0.25) is 0 Å². The van der Waals surface area contributed by atoms with Gasteiger partial charge in [0.25, 0.3) is 0 Å². The van der Waals surface area contributed by atoms with Gasteiger partial charge in [0.15, 0.2) is 0 Å². The van der Waals surface area contributed by atoms with Crippen LogP contribution in [0.2, 0.25) is 10.0 Å². The molecule has 0 bridgehead atoms. The molecule has 0 aliphatic rings. The van der Waals surface area contributed by atoms with Gasteiger partial charge in [-0.25, -0.2) is 0 Å². The first kappa shape index (κ1) is 15.6. The molecule has 0 amide bonds. The Labute approximate surface area is 130 Å². The average Bonchev–Trinajstić information content (AvgIpc) is 2.29. The van der Waals surface area contributed by atoms with Crippen molar-refractivity contribution >= 4 is 23.2 Å². The molecule has 4 heteroatoms. The minimum Gasteiger partial charge on any atom is -0.655 e. The van der Waals surface area contributed by atoms with Crippen molar-refractivity contribution in [3.63, 3.8) is 0 Å². The Kier molecular flexibility index (Phi) is 6.85. The maximum atomic E-state index is 5.90. The molecule has 2 rings (SSSR count). The summed E-state index contributed by atoms with van der Waals surface area (Å²) >= 11 is 11.8. The van der Waals surface area contributed by atoms with Gasteiger partial charge in [0.05, 0.1) is 0 Å². The molecule has 0 fully saturated rings. The van der Waals surface area contributed by atoms with E-state index in [-0.39, 0.29) is 18.9 Å². The van der Waals surface area contributed by atoms with Crippen LogP contribution in [0.25, 0.3) is 5.32 Å². The Bertz CT molecular complexity index is 457. The zero-order valence-electron chi connectivity index (χ0n) is 10.2. The molecule has 0 saturated carbocycles. The summed E-state index contributed by atoms with van der Waals surface area (Å²) in [4.78, 5) is 0. The third-order valence-electron chi connectivity index (χ3n) is 2.37. The van der Waals surface area contributed by atoms with E-state index >= 15 is 0 Å². The number of hydrogen-bond acceptors (Lipinski definition) is 0. The Morgan fingerprint density at radius 2 is 1.22 bits per heavy atom. The molecule has 0 N–H and O–H groups in total. The predicted molar refractivity (Wildman–Crippen MR) is 73.7 cm³/mol. The van der Waals surface area contributed by atoms with Crippen molar-refractivity contribution in [2.75, 3.05) is 0 Å². The first-order chi connectivity index (χ1) is 8.24. The van der Waals surface area contributed by atoms with Gasteiger partial charge in [-0.3, -0.25) is 0 Å². The zero-order chi connectivity index (χ0) is 12.1. The second-order valence-corrected chi connectivity index (χ2v) is 4.67. The normalized spacial score (nSPS) is 9.89. The molecule has 0 aliphatic carbocycles. The SMILES string of the molecule is Clc1cccc(C[N-]Cc2cccc(Cl)c2)c1.[Li+]. The predicted octanol–water partition coefficient (Wildman–Crippen LogP) is 2.07. The summed E-state index contributed by atoms with van der Waals surface area (Å²) < 4.78 is 0. The Morgan fingerprint density at radius 3 is 1.61 bits per heavy atom. The summed E-state index contributed by atoms with van der Waals surface area (Å²) in [7, 11) is 0. The molecular weight excluding hydrogens is 260 g/mol. The second kappa shape index (κ2) is 7.89. The van der Waals surface area contributed by atoms with Crippen LogP contribution >= 0.6 is 23.2 Å². The third kappa shape index (κ3) is 5.06. The van der Waals surface area contributed by atoms with Gasteiger partial charge in [-0.05, 0) is 24.3 Å². The zero-order valence-corrected chi connectivity index (χ0v) is 11.7. The molecule has 0 aromatic heterocycles. The standard InChI is InChI=1S/C14H12Cl2N.Li/c15-13-5-1-3-11(7-13)9-17-10-12-4-2-6-14(16)8-12;/h1-8H,9-10H2;/q-1;+1. The van der Waals surface area contributed by atoms with Crippen molar-refractivity contribution in [1.82, 2.24) is 0 Å².